The smallest absolute Gasteiger partial charge is 0.223 e. The van der Waals surface area contributed by atoms with E-state index in [1.165, 1.54) is 17.3 Å². The third-order valence-corrected chi connectivity index (χ3v) is 5.68. The molecule has 1 aromatic rings. The fourth-order valence-electron chi connectivity index (χ4n) is 1.83. The maximum absolute atomic E-state index is 4.58. The van der Waals surface area contributed by atoms with E-state index in [0.717, 1.165) is 23.9 Å². The topological polar surface area (TPSA) is 37.8 Å². The van der Waals surface area contributed by atoms with E-state index in [1.54, 1.807) is 0 Å². The average molecular weight is 283 g/mol. The van der Waals surface area contributed by atoms with Gasteiger partial charge in [0, 0.05) is 40.4 Å². The molecule has 0 aromatic carbocycles. The van der Waals surface area contributed by atoms with Gasteiger partial charge in [-0.1, -0.05) is 13.8 Å². The van der Waals surface area contributed by atoms with Gasteiger partial charge in [-0.2, -0.15) is 23.5 Å². The minimum atomic E-state index is 0.451. The Bertz CT molecular complexity index is 390. The molecule has 5 heteroatoms. The first-order valence-corrected chi connectivity index (χ1v) is 8.64. The number of hydrogen-bond donors (Lipinski definition) is 1. The first-order valence-electron chi connectivity index (χ1n) is 6.44. The van der Waals surface area contributed by atoms with Gasteiger partial charge < -0.3 is 5.32 Å². The molecular weight excluding hydrogens is 262 g/mol. The van der Waals surface area contributed by atoms with Crippen LogP contribution in [0.1, 0.15) is 31.2 Å². The van der Waals surface area contributed by atoms with Crippen LogP contribution in [0.4, 0.5) is 5.95 Å². The highest BCUT2D eigenvalue weighted by Gasteiger charge is 2.14. The maximum atomic E-state index is 4.58. The highest BCUT2D eigenvalue weighted by molar-refractivity contribution is 8.06. The first-order chi connectivity index (χ1) is 8.65. The lowest BCUT2D eigenvalue weighted by Gasteiger charge is -2.21. The molecule has 18 heavy (non-hydrogen) atoms. The van der Waals surface area contributed by atoms with Crippen LogP contribution in [-0.4, -0.2) is 39.0 Å². The molecule has 2 rings (SSSR count). The maximum Gasteiger partial charge on any atom is 0.223 e. The molecule has 0 saturated carbocycles. The normalized spacial score (nSPS) is 20.1. The van der Waals surface area contributed by atoms with Gasteiger partial charge in [0.2, 0.25) is 5.95 Å². The van der Waals surface area contributed by atoms with Gasteiger partial charge in [-0.05, 0) is 18.9 Å². The fraction of sp³-hybridized carbons (Fsp3) is 0.692. The molecule has 1 saturated heterocycles. The summed E-state index contributed by atoms with van der Waals surface area (Å²) < 4.78 is 0. The number of thioether (sulfide) groups is 2. The van der Waals surface area contributed by atoms with Crippen molar-refractivity contribution in [3.05, 3.63) is 17.5 Å². The standard InChI is InChI=1S/C13H21N3S2/c1-9(2)12-6-10(3)15-13(16-12)14-7-11-8-17-4-5-18-11/h6,9,11H,4-5,7-8H2,1-3H3,(H,14,15,16). The highest BCUT2D eigenvalue weighted by Crippen LogP contribution is 2.24. The molecule has 1 aliphatic heterocycles. The second-order valence-corrected chi connectivity index (χ2v) is 7.42. The Kier molecular flexibility index (Phi) is 5.18. The van der Waals surface area contributed by atoms with Gasteiger partial charge in [-0.3, -0.25) is 0 Å². The van der Waals surface area contributed by atoms with Gasteiger partial charge >= 0.3 is 0 Å². The SMILES string of the molecule is Cc1cc(C(C)C)nc(NCC2CSCCS2)n1. The summed E-state index contributed by atoms with van der Waals surface area (Å²) in [7, 11) is 0. The number of rotatable bonds is 4. The number of nitrogens with one attached hydrogen (secondary N) is 1. The van der Waals surface area contributed by atoms with Crippen molar-refractivity contribution in [2.24, 2.45) is 0 Å². The third kappa shape index (κ3) is 4.05. The Hall–Kier alpha value is -0.420. The predicted molar refractivity (Wildman–Crippen MR) is 82.9 cm³/mol. The molecule has 1 aliphatic rings. The highest BCUT2D eigenvalue weighted by atomic mass is 32.2. The van der Waals surface area contributed by atoms with E-state index in [-0.39, 0.29) is 0 Å². The van der Waals surface area contributed by atoms with Crippen molar-refractivity contribution < 1.29 is 0 Å². The van der Waals surface area contributed by atoms with E-state index >= 15 is 0 Å². The molecule has 100 valence electrons. The molecule has 1 N–H and O–H groups in total. The summed E-state index contributed by atoms with van der Waals surface area (Å²) in [5.41, 5.74) is 2.16. The Labute approximate surface area is 118 Å². The minimum Gasteiger partial charge on any atom is -0.353 e. The van der Waals surface area contributed by atoms with Crippen LogP contribution in [0.5, 0.6) is 0 Å². The van der Waals surface area contributed by atoms with Crippen LogP contribution < -0.4 is 5.32 Å². The van der Waals surface area contributed by atoms with E-state index in [1.807, 2.05) is 18.7 Å². The Morgan fingerprint density at radius 1 is 1.39 bits per heavy atom. The van der Waals surface area contributed by atoms with Crippen molar-refractivity contribution in [1.29, 1.82) is 0 Å². The lowest BCUT2D eigenvalue weighted by molar-refractivity contribution is 0.807. The molecule has 2 heterocycles. The summed E-state index contributed by atoms with van der Waals surface area (Å²) in [4.78, 5) is 9.04. The molecule has 3 nitrogen and oxygen atoms in total. The summed E-state index contributed by atoms with van der Waals surface area (Å²) in [6, 6.07) is 2.07. The van der Waals surface area contributed by atoms with Crippen LogP contribution in [0, 0.1) is 6.92 Å². The van der Waals surface area contributed by atoms with E-state index < -0.39 is 0 Å². The zero-order valence-corrected chi connectivity index (χ0v) is 12.9. The lowest BCUT2D eigenvalue weighted by atomic mass is 10.1. The minimum absolute atomic E-state index is 0.451. The molecule has 0 aliphatic carbocycles. The van der Waals surface area contributed by atoms with Crippen LogP contribution in [-0.2, 0) is 0 Å². The Balaban J connectivity index is 1.95. The van der Waals surface area contributed by atoms with Crippen LogP contribution in [0.25, 0.3) is 0 Å². The van der Waals surface area contributed by atoms with Crippen LogP contribution in [0.15, 0.2) is 6.07 Å². The van der Waals surface area contributed by atoms with E-state index in [2.05, 4.69) is 47.0 Å². The molecule has 1 atom stereocenters. The summed E-state index contributed by atoms with van der Waals surface area (Å²) in [6.45, 7) is 7.33. The van der Waals surface area contributed by atoms with Crippen LogP contribution in [0.2, 0.25) is 0 Å². The molecule has 1 aromatic heterocycles. The van der Waals surface area contributed by atoms with Gasteiger partial charge in [-0.15, -0.1) is 0 Å². The quantitative estimate of drug-likeness (QED) is 0.918. The number of aryl methyl sites for hydroxylation is 1. The number of hydrogen-bond acceptors (Lipinski definition) is 5. The first kappa shape index (κ1) is 14.0. The molecule has 0 radical (unpaired) electrons. The third-order valence-electron chi connectivity index (χ3n) is 2.84. The summed E-state index contributed by atoms with van der Waals surface area (Å²) in [5, 5.41) is 4.08. The van der Waals surface area contributed by atoms with Gasteiger partial charge in [0.05, 0.1) is 0 Å². The second-order valence-electron chi connectivity index (χ2n) is 4.86. The summed E-state index contributed by atoms with van der Waals surface area (Å²) >= 11 is 4.11. The van der Waals surface area contributed by atoms with E-state index in [4.69, 9.17) is 0 Å². The summed E-state index contributed by atoms with van der Waals surface area (Å²) in [6.07, 6.45) is 0. The number of nitrogens with zero attached hydrogens (tertiary/aromatic N) is 2. The molecule has 0 bridgehead atoms. The predicted octanol–water partition coefficient (Wildman–Crippen LogP) is 3.17. The number of aromatic nitrogens is 2. The molecule has 0 spiro atoms. The molecule has 1 unspecified atom stereocenters. The van der Waals surface area contributed by atoms with Gasteiger partial charge in [0.25, 0.3) is 0 Å². The molecule has 1 fully saturated rings. The summed E-state index contributed by atoms with van der Waals surface area (Å²) in [5.74, 6) is 5.03. The lowest BCUT2D eigenvalue weighted by Crippen LogP contribution is -2.24. The van der Waals surface area contributed by atoms with Crippen molar-refractivity contribution in [2.75, 3.05) is 29.1 Å². The van der Waals surface area contributed by atoms with Crippen LogP contribution >= 0.6 is 23.5 Å². The second kappa shape index (κ2) is 6.66. The largest absolute Gasteiger partial charge is 0.353 e. The zero-order valence-electron chi connectivity index (χ0n) is 11.3. The van der Waals surface area contributed by atoms with Crippen molar-refractivity contribution >= 4 is 29.5 Å². The molecule has 0 amide bonds. The van der Waals surface area contributed by atoms with Crippen LogP contribution in [0.3, 0.4) is 0 Å². The van der Waals surface area contributed by atoms with E-state index in [9.17, 15) is 0 Å². The van der Waals surface area contributed by atoms with Crippen molar-refractivity contribution in [2.45, 2.75) is 31.9 Å². The van der Waals surface area contributed by atoms with Gasteiger partial charge in [0.1, 0.15) is 0 Å². The monoisotopic (exact) mass is 283 g/mol. The Morgan fingerprint density at radius 3 is 2.89 bits per heavy atom. The van der Waals surface area contributed by atoms with E-state index in [0.29, 0.717) is 11.2 Å². The van der Waals surface area contributed by atoms with Gasteiger partial charge in [0.15, 0.2) is 0 Å². The van der Waals surface area contributed by atoms with Crippen molar-refractivity contribution in [3.8, 4) is 0 Å². The molecular formula is C13H21N3S2. The van der Waals surface area contributed by atoms with Crippen molar-refractivity contribution in [1.82, 2.24) is 9.97 Å². The fourth-order valence-corrected chi connectivity index (χ4v) is 4.44. The Morgan fingerprint density at radius 2 is 2.22 bits per heavy atom. The van der Waals surface area contributed by atoms with Crippen molar-refractivity contribution in [3.63, 3.8) is 0 Å². The average Bonchev–Trinajstić information content (AvgIpc) is 2.37. The number of anilines is 1. The van der Waals surface area contributed by atoms with Gasteiger partial charge in [-0.25, -0.2) is 9.97 Å². The zero-order chi connectivity index (χ0) is 13.0.